The van der Waals surface area contributed by atoms with Gasteiger partial charge in [0.05, 0.1) is 12.2 Å². The van der Waals surface area contributed by atoms with Crippen molar-refractivity contribution in [2.75, 3.05) is 51.7 Å². The molecule has 0 bridgehead atoms. The van der Waals surface area contributed by atoms with E-state index in [9.17, 15) is 9.18 Å². The van der Waals surface area contributed by atoms with Crippen molar-refractivity contribution < 1.29 is 9.18 Å². The highest BCUT2D eigenvalue weighted by atomic mass is 19.1. The zero-order valence-electron chi connectivity index (χ0n) is 17.9. The molecule has 1 atom stereocenters. The van der Waals surface area contributed by atoms with E-state index >= 15 is 0 Å². The Morgan fingerprint density at radius 3 is 2.57 bits per heavy atom. The molecule has 0 aliphatic carbocycles. The van der Waals surface area contributed by atoms with E-state index in [4.69, 9.17) is 4.98 Å². The van der Waals surface area contributed by atoms with Crippen LogP contribution in [0.15, 0.2) is 30.5 Å². The average molecular weight is 412 g/mol. The van der Waals surface area contributed by atoms with Crippen molar-refractivity contribution in [3.05, 3.63) is 42.0 Å². The van der Waals surface area contributed by atoms with Crippen molar-refractivity contribution in [3.8, 4) is 11.1 Å². The highest BCUT2D eigenvalue weighted by molar-refractivity contribution is 5.78. The molecular weight excluding hydrogens is 381 g/mol. The predicted octanol–water partition coefficient (Wildman–Crippen LogP) is 3.15. The summed E-state index contributed by atoms with van der Waals surface area (Å²) in [6, 6.07) is 6.51. The second-order valence-electron chi connectivity index (χ2n) is 8.53. The maximum absolute atomic E-state index is 13.4. The van der Waals surface area contributed by atoms with Crippen LogP contribution in [0.2, 0.25) is 0 Å². The number of halogens is 1. The number of rotatable bonds is 5. The zero-order chi connectivity index (χ0) is 21.1. The van der Waals surface area contributed by atoms with Gasteiger partial charge in [-0.1, -0.05) is 12.1 Å². The number of hydrogen-bond acceptors (Lipinski definition) is 5. The summed E-state index contributed by atoms with van der Waals surface area (Å²) in [5.41, 5.74) is 2.85. The molecule has 1 aromatic carbocycles. The van der Waals surface area contributed by atoms with Crippen LogP contribution in [0, 0.1) is 5.82 Å². The Kier molecular flexibility index (Phi) is 6.27. The third-order valence-corrected chi connectivity index (χ3v) is 6.07. The molecule has 3 heterocycles. The molecular formula is C23H30FN5O. The number of amides is 1. The van der Waals surface area contributed by atoms with Crippen LogP contribution in [0.25, 0.3) is 11.1 Å². The fourth-order valence-corrected chi connectivity index (χ4v) is 4.44. The number of likely N-dealkylation sites (tertiary alicyclic amines) is 2. The van der Waals surface area contributed by atoms with E-state index in [2.05, 4.69) is 9.88 Å². The molecule has 0 radical (unpaired) electrons. The van der Waals surface area contributed by atoms with E-state index in [0.717, 1.165) is 68.7 Å². The molecule has 6 nitrogen and oxygen atoms in total. The summed E-state index contributed by atoms with van der Waals surface area (Å²) in [4.78, 5) is 28.2. The number of carbonyl (C=O) groups excluding carboxylic acids is 1. The Morgan fingerprint density at radius 2 is 1.87 bits per heavy atom. The van der Waals surface area contributed by atoms with E-state index in [0.29, 0.717) is 12.5 Å². The monoisotopic (exact) mass is 411 g/mol. The second kappa shape index (κ2) is 9.08. The average Bonchev–Trinajstić information content (AvgIpc) is 3.29. The quantitative estimate of drug-likeness (QED) is 0.757. The van der Waals surface area contributed by atoms with Gasteiger partial charge in [0, 0.05) is 51.4 Å². The van der Waals surface area contributed by atoms with Crippen LogP contribution in [-0.2, 0) is 4.79 Å². The third kappa shape index (κ3) is 4.61. The van der Waals surface area contributed by atoms with Crippen LogP contribution < -0.4 is 4.90 Å². The van der Waals surface area contributed by atoms with Crippen molar-refractivity contribution in [1.82, 2.24) is 19.8 Å². The number of benzene rings is 1. The molecule has 1 aromatic heterocycles. The van der Waals surface area contributed by atoms with Gasteiger partial charge in [-0.05, 0) is 49.9 Å². The van der Waals surface area contributed by atoms with Gasteiger partial charge in [-0.25, -0.2) is 14.4 Å². The Morgan fingerprint density at radius 1 is 1.13 bits per heavy atom. The van der Waals surface area contributed by atoms with Crippen molar-refractivity contribution >= 4 is 11.9 Å². The van der Waals surface area contributed by atoms with Crippen molar-refractivity contribution in [3.63, 3.8) is 0 Å². The molecule has 2 aliphatic heterocycles. The Labute approximate surface area is 177 Å². The van der Waals surface area contributed by atoms with Gasteiger partial charge < -0.3 is 9.80 Å². The molecule has 2 aromatic rings. The zero-order valence-corrected chi connectivity index (χ0v) is 17.9. The van der Waals surface area contributed by atoms with E-state index in [-0.39, 0.29) is 17.6 Å². The highest BCUT2D eigenvalue weighted by Crippen LogP contribution is 2.34. The van der Waals surface area contributed by atoms with Crippen LogP contribution >= 0.6 is 0 Å². The van der Waals surface area contributed by atoms with Gasteiger partial charge in [-0.3, -0.25) is 9.69 Å². The number of anilines is 1. The summed E-state index contributed by atoms with van der Waals surface area (Å²) in [5.74, 6) is 0.868. The van der Waals surface area contributed by atoms with E-state index in [1.54, 1.807) is 12.1 Å². The van der Waals surface area contributed by atoms with Crippen molar-refractivity contribution in [2.45, 2.75) is 31.6 Å². The molecule has 2 aliphatic rings. The van der Waals surface area contributed by atoms with Crippen molar-refractivity contribution in [2.24, 2.45) is 0 Å². The van der Waals surface area contributed by atoms with E-state index < -0.39 is 0 Å². The summed E-state index contributed by atoms with van der Waals surface area (Å²) in [5, 5.41) is 0. The summed E-state index contributed by atoms with van der Waals surface area (Å²) >= 11 is 0. The topological polar surface area (TPSA) is 52.6 Å². The van der Waals surface area contributed by atoms with Gasteiger partial charge in [-0.2, -0.15) is 0 Å². The molecule has 4 rings (SSSR count). The van der Waals surface area contributed by atoms with Gasteiger partial charge in [0.2, 0.25) is 11.9 Å². The largest absolute Gasteiger partial charge is 0.347 e. The van der Waals surface area contributed by atoms with Crippen LogP contribution in [0.1, 0.15) is 37.3 Å². The number of aromatic nitrogens is 2. The molecule has 30 heavy (non-hydrogen) atoms. The van der Waals surface area contributed by atoms with Crippen LogP contribution in [-0.4, -0.2) is 72.5 Å². The molecule has 0 unspecified atom stereocenters. The minimum absolute atomic E-state index is 0.215. The number of piperidine rings is 1. The van der Waals surface area contributed by atoms with Crippen LogP contribution in [0.3, 0.4) is 0 Å². The fraction of sp³-hybridized carbons (Fsp3) is 0.522. The maximum atomic E-state index is 13.4. The first-order valence-corrected chi connectivity index (χ1v) is 10.8. The lowest BCUT2D eigenvalue weighted by molar-refractivity contribution is -0.131. The normalized spacial score (nSPS) is 19.8. The van der Waals surface area contributed by atoms with E-state index in [1.807, 2.05) is 30.1 Å². The SMILES string of the molecule is CN(C)c1ncc(-c2ccc(F)cc2)c([C@@H]2CCCN(CC(=O)N3CCCC3)C2)n1. The summed E-state index contributed by atoms with van der Waals surface area (Å²) < 4.78 is 13.4. The number of hydrogen-bond donors (Lipinski definition) is 0. The van der Waals surface area contributed by atoms with Crippen molar-refractivity contribution in [1.29, 1.82) is 0 Å². The summed E-state index contributed by atoms with van der Waals surface area (Å²) in [7, 11) is 3.86. The molecule has 2 fully saturated rings. The lowest BCUT2D eigenvalue weighted by Crippen LogP contribution is -2.43. The van der Waals surface area contributed by atoms with Gasteiger partial charge >= 0.3 is 0 Å². The Bertz CT molecular complexity index is 880. The molecule has 7 heteroatoms. The van der Waals surface area contributed by atoms with Crippen LogP contribution in [0.4, 0.5) is 10.3 Å². The molecule has 0 spiro atoms. The standard InChI is InChI=1S/C23H30FN5O/c1-27(2)23-25-14-20(17-7-9-19(24)10-8-17)22(26-23)18-6-5-11-28(15-18)16-21(30)29-12-3-4-13-29/h7-10,14,18H,3-6,11-13,15-16H2,1-2H3/t18-/m1/s1. The fourth-order valence-electron chi connectivity index (χ4n) is 4.44. The lowest BCUT2D eigenvalue weighted by atomic mass is 9.90. The predicted molar refractivity (Wildman–Crippen MR) is 116 cm³/mol. The maximum Gasteiger partial charge on any atom is 0.236 e. The first kappa shape index (κ1) is 20.7. The minimum atomic E-state index is -0.254. The Hall–Kier alpha value is -2.54. The third-order valence-electron chi connectivity index (χ3n) is 6.07. The highest BCUT2D eigenvalue weighted by Gasteiger charge is 2.28. The van der Waals surface area contributed by atoms with Gasteiger partial charge in [-0.15, -0.1) is 0 Å². The lowest BCUT2D eigenvalue weighted by Gasteiger charge is -2.34. The number of nitrogens with zero attached hydrogens (tertiary/aromatic N) is 5. The molecule has 0 saturated carbocycles. The molecule has 160 valence electrons. The number of carbonyl (C=O) groups is 1. The Balaban J connectivity index is 1.58. The first-order chi connectivity index (χ1) is 14.5. The van der Waals surface area contributed by atoms with E-state index in [1.165, 1.54) is 12.1 Å². The summed E-state index contributed by atoms with van der Waals surface area (Å²) in [6.07, 6.45) is 6.13. The smallest absolute Gasteiger partial charge is 0.236 e. The van der Waals surface area contributed by atoms with Gasteiger partial charge in [0.25, 0.3) is 0 Å². The van der Waals surface area contributed by atoms with Gasteiger partial charge in [0.1, 0.15) is 5.82 Å². The summed E-state index contributed by atoms with van der Waals surface area (Å²) in [6.45, 7) is 4.01. The second-order valence-corrected chi connectivity index (χ2v) is 8.53. The van der Waals surface area contributed by atoms with Gasteiger partial charge in [0.15, 0.2) is 0 Å². The molecule has 2 saturated heterocycles. The molecule has 0 N–H and O–H groups in total. The van der Waals surface area contributed by atoms with Crippen LogP contribution in [0.5, 0.6) is 0 Å². The minimum Gasteiger partial charge on any atom is -0.347 e. The molecule has 1 amide bonds. The first-order valence-electron chi connectivity index (χ1n) is 10.8.